The molecular weight excluding hydrogens is 622 g/mol. The van der Waals surface area contributed by atoms with Crippen LogP contribution in [0.15, 0.2) is 70.0 Å². The van der Waals surface area contributed by atoms with E-state index >= 15 is 0 Å². The fourth-order valence-electron chi connectivity index (χ4n) is 6.58. The highest BCUT2D eigenvalue weighted by molar-refractivity contribution is 6.02. The van der Waals surface area contributed by atoms with Crippen LogP contribution in [-0.2, 0) is 4.74 Å². The Morgan fingerprint density at radius 1 is 0.816 bits per heavy atom. The average Bonchev–Trinajstić information content (AvgIpc) is 3.87. The van der Waals surface area contributed by atoms with Crippen molar-refractivity contribution in [1.82, 2.24) is 39.3 Å². The number of nitrogen functional groups attached to an aromatic ring is 3. The monoisotopic (exact) mass is 657 g/mol. The van der Waals surface area contributed by atoms with Crippen molar-refractivity contribution in [1.29, 1.82) is 0 Å². The van der Waals surface area contributed by atoms with E-state index in [1.807, 2.05) is 54.1 Å². The molecule has 1 fully saturated rings. The first-order chi connectivity index (χ1) is 23.7. The van der Waals surface area contributed by atoms with E-state index < -0.39 is 0 Å². The maximum atomic E-state index is 6.21. The predicted molar refractivity (Wildman–Crippen MR) is 189 cm³/mol. The molecule has 0 bridgehead atoms. The summed E-state index contributed by atoms with van der Waals surface area (Å²) < 4.78 is 20.6. The molecule has 7 heterocycles. The number of pyridine rings is 1. The molecule has 14 heteroatoms. The minimum atomic E-state index is 0.157. The van der Waals surface area contributed by atoms with Crippen LogP contribution in [0, 0.1) is 6.92 Å². The van der Waals surface area contributed by atoms with Crippen LogP contribution in [-0.4, -0.2) is 52.5 Å². The van der Waals surface area contributed by atoms with Crippen LogP contribution in [0.25, 0.3) is 66.5 Å². The predicted octanol–water partition coefficient (Wildman–Crippen LogP) is 6.47. The highest BCUT2D eigenvalue weighted by Crippen LogP contribution is 2.38. The molecule has 0 aliphatic carbocycles. The molecule has 14 nitrogen and oxygen atoms in total. The number of nitrogens with zero attached hydrogens (tertiary/aromatic N) is 8. The molecule has 1 saturated heterocycles. The molecule has 2 aromatic carbocycles. The molecule has 0 atom stereocenters. The second-order valence-corrected chi connectivity index (χ2v) is 12.4. The van der Waals surface area contributed by atoms with Gasteiger partial charge in [-0.05, 0) is 68.7 Å². The summed E-state index contributed by atoms with van der Waals surface area (Å²) in [7, 11) is 0. The molecule has 8 aromatic rings. The third-order valence-corrected chi connectivity index (χ3v) is 8.84. The summed E-state index contributed by atoms with van der Waals surface area (Å²) >= 11 is 0. The van der Waals surface area contributed by atoms with Gasteiger partial charge >= 0.3 is 0 Å². The molecule has 0 amide bonds. The Labute approximate surface area is 279 Å². The lowest BCUT2D eigenvalue weighted by atomic mass is 10.1. The Hall–Kier alpha value is -6.02. The van der Waals surface area contributed by atoms with E-state index in [2.05, 4.69) is 49.5 Å². The fourth-order valence-corrected chi connectivity index (χ4v) is 6.58. The molecule has 1 aliphatic heterocycles. The van der Waals surface area contributed by atoms with Crippen molar-refractivity contribution in [2.24, 2.45) is 0 Å². The quantitative estimate of drug-likeness (QED) is 0.187. The zero-order valence-corrected chi connectivity index (χ0v) is 27.3. The number of oxazole rings is 2. The first kappa shape index (κ1) is 30.3. The molecule has 6 N–H and O–H groups in total. The molecule has 6 aromatic heterocycles. The summed E-state index contributed by atoms with van der Waals surface area (Å²) in [5.74, 6) is 1.60. The first-order valence-corrected chi connectivity index (χ1v) is 16.1. The number of hydrogen-bond donors (Lipinski definition) is 3. The van der Waals surface area contributed by atoms with E-state index in [0.29, 0.717) is 34.7 Å². The topological polar surface area (TPSA) is 201 Å². The molecule has 0 radical (unpaired) electrons. The summed E-state index contributed by atoms with van der Waals surface area (Å²) in [5, 5.41) is 6.50. The van der Waals surface area contributed by atoms with E-state index in [0.717, 1.165) is 81.5 Å². The van der Waals surface area contributed by atoms with E-state index in [1.54, 1.807) is 6.20 Å². The van der Waals surface area contributed by atoms with Gasteiger partial charge in [0, 0.05) is 55.7 Å². The third-order valence-electron chi connectivity index (χ3n) is 8.84. The van der Waals surface area contributed by atoms with Crippen LogP contribution >= 0.6 is 0 Å². The largest absolute Gasteiger partial charge is 0.441 e. The molecule has 0 saturated carbocycles. The zero-order valence-electron chi connectivity index (χ0n) is 27.3. The fraction of sp³-hybridized carbons (Fsp3) is 0.257. The van der Waals surface area contributed by atoms with Crippen LogP contribution in [0.5, 0.6) is 0 Å². The summed E-state index contributed by atoms with van der Waals surface area (Å²) in [4.78, 5) is 21.5. The molecule has 49 heavy (non-hydrogen) atoms. The SMILES string of the molecule is Cc1nc2cc(-c3nn(C(C)C)c4ccnc(N)c34)ccc2o1.Nc1nc2cc(-c3cn(C4CCOCC4)c4ncnc(N)c34)ccc2o1. The summed E-state index contributed by atoms with van der Waals surface area (Å²) in [6, 6.07) is 14.3. The molecule has 0 unspecified atom stereocenters. The second-order valence-electron chi connectivity index (χ2n) is 12.4. The Morgan fingerprint density at radius 3 is 2.33 bits per heavy atom. The lowest BCUT2D eigenvalue weighted by Gasteiger charge is -2.24. The number of fused-ring (bicyclic) bond motifs is 4. The van der Waals surface area contributed by atoms with Crippen LogP contribution in [0.4, 0.5) is 17.7 Å². The highest BCUT2D eigenvalue weighted by atomic mass is 16.5. The van der Waals surface area contributed by atoms with E-state index in [4.69, 9.17) is 35.9 Å². The Bertz CT molecular complexity index is 2480. The molecule has 0 spiro atoms. The minimum absolute atomic E-state index is 0.157. The van der Waals surface area contributed by atoms with Crippen LogP contribution < -0.4 is 17.2 Å². The van der Waals surface area contributed by atoms with Crippen molar-refractivity contribution < 1.29 is 13.6 Å². The maximum absolute atomic E-state index is 6.21. The van der Waals surface area contributed by atoms with Crippen molar-refractivity contribution in [3.63, 3.8) is 0 Å². The third kappa shape index (κ3) is 5.35. The van der Waals surface area contributed by atoms with Crippen molar-refractivity contribution in [3.05, 3.63) is 67.1 Å². The zero-order chi connectivity index (χ0) is 33.8. The van der Waals surface area contributed by atoms with Crippen LogP contribution in [0.3, 0.4) is 0 Å². The molecule has 248 valence electrons. The number of hydrogen-bond acceptors (Lipinski definition) is 12. The number of anilines is 3. The van der Waals surface area contributed by atoms with Gasteiger partial charge in [-0.15, -0.1) is 0 Å². The van der Waals surface area contributed by atoms with Gasteiger partial charge in [0.1, 0.15) is 40.3 Å². The molecule has 9 rings (SSSR count). The van der Waals surface area contributed by atoms with Gasteiger partial charge in [0.2, 0.25) is 0 Å². The van der Waals surface area contributed by atoms with Crippen LogP contribution in [0.2, 0.25) is 0 Å². The van der Waals surface area contributed by atoms with Crippen LogP contribution in [0.1, 0.15) is 44.7 Å². The number of aryl methyl sites for hydroxylation is 1. The lowest BCUT2D eigenvalue weighted by Crippen LogP contribution is -2.19. The molecular formula is C35H35N11O3. The van der Waals surface area contributed by atoms with E-state index in [9.17, 15) is 0 Å². The first-order valence-electron chi connectivity index (χ1n) is 16.1. The smallest absolute Gasteiger partial charge is 0.292 e. The van der Waals surface area contributed by atoms with Crippen molar-refractivity contribution in [3.8, 4) is 22.4 Å². The minimum Gasteiger partial charge on any atom is -0.441 e. The van der Waals surface area contributed by atoms with Gasteiger partial charge < -0.3 is 35.3 Å². The summed E-state index contributed by atoms with van der Waals surface area (Å²) in [6.45, 7) is 7.54. The maximum Gasteiger partial charge on any atom is 0.292 e. The highest BCUT2D eigenvalue weighted by Gasteiger charge is 2.23. The number of nitrogens with two attached hydrogens (primary N) is 3. The lowest BCUT2D eigenvalue weighted by molar-refractivity contribution is 0.0706. The number of benzene rings is 2. The normalized spacial score (nSPS) is 14.0. The Kier molecular flexibility index (Phi) is 7.36. The van der Waals surface area contributed by atoms with Gasteiger partial charge in [0.15, 0.2) is 17.1 Å². The van der Waals surface area contributed by atoms with Gasteiger partial charge in [-0.2, -0.15) is 10.1 Å². The van der Waals surface area contributed by atoms with Gasteiger partial charge in [0.25, 0.3) is 6.01 Å². The summed E-state index contributed by atoms with van der Waals surface area (Å²) in [5.41, 5.74) is 26.5. The Morgan fingerprint density at radius 2 is 1.53 bits per heavy atom. The standard InChI is InChI=1S/C18H18N6O2.C17H17N5O/c19-16-15-12(10-1-2-14-13(7-10)23-18(20)26-14)8-24(17(15)22-9-21-16)11-3-5-25-6-4-11;1-9(2)22-13-6-7-19-17(18)15(13)16(21-22)11-4-5-14-12(8-11)20-10(3)23-14/h1-2,7-9,11H,3-6H2,(H2,20,23)(H2,19,21,22);4-9H,1-3H3,(H2,18,19). The number of ether oxygens (including phenoxy) is 1. The van der Waals surface area contributed by atoms with Gasteiger partial charge in [0.05, 0.1) is 16.3 Å². The van der Waals surface area contributed by atoms with E-state index in [1.165, 1.54) is 6.33 Å². The molecule has 1 aliphatic rings. The van der Waals surface area contributed by atoms with Gasteiger partial charge in [-0.3, -0.25) is 4.68 Å². The Balaban J connectivity index is 0.000000143. The van der Waals surface area contributed by atoms with Crippen molar-refractivity contribution in [2.75, 3.05) is 30.4 Å². The van der Waals surface area contributed by atoms with E-state index in [-0.39, 0.29) is 12.1 Å². The van der Waals surface area contributed by atoms with Crippen molar-refractivity contribution in [2.45, 2.75) is 45.7 Å². The number of rotatable bonds is 4. The van der Waals surface area contributed by atoms with Crippen molar-refractivity contribution >= 4 is 61.8 Å². The van der Waals surface area contributed by atoms with Gasteiger partial charge in [-0.25, -0.2) is 19.9 Å². The van der Waals surface area contributed by atoms with Gasteiger partial charge in [-0.1, -0.05) is 6.07 Å². The number of aromatic nitrogens is 8. The second kappa shape index (κ2) is 11.9. The summed E-state index contributed by atoms with van der Waals surface area (Å²) in [6.07, 6.45) is 7.24. The average molecular weight is 658 g/mol.